The van der Waals surface area contributed by atoms with Gasteiger partial charge in [0.15, 0.2) is 0 Å². The van der Waals surface area contributed by atoms with Crippen molar-refractivity contribution in [2.24, 2.45) is 18.0 Å². The van der Waals surface area contributed by atoms with Crippen LogP contribution < -0.4 is 21.0 Å². The summed E-state index contributed by atoms with van der Waals surface area (Å²) >= 11 is 0. The molecule has 4 rings (SSSR count). The summed E-state index contributed by atoms with van der Waals surface area (Å²) in [7, 11) is 5.22. The van der Waals surface area contributed by atoms with Gasteiger partial charge in [0.05, 0.1) is 11.9 Å². The molecule has 0 fully saturated rings. The molecule has 0 bridgehead atoms. The smallest absolute Gasteiger partial charge is 0.330 e. The van der Waals surface area contributed by atoms with E-state index in [0.717, 1.165) is 22.8 Å². The first-order valence-corrected chi connectivity index (χ1v) is 12.3. The lowest BCUT2D eigenvalue weighted by Gasteiger charge is -2.22. The molecule has 0 amide bonds. The van der Waals surface area contributed by atoms with E-state index in [9.17, 15) is 9.59 Å². The second kappa shape index (κ2) is 10.7. The molecule has 37 heavy (non-hydrogen) atoms. The van der Waals surface area contributed by atoms with Crippen LogP contribution in [0.4, 0.5) is 17.2 Å². The van der Waals surface area contributed by atoms with Gasteiger partial charge in [-0.25, -0.2) is 4.79 Å². The number of benzene rings is 2. The van der Waals surface area contributed by atoms with E-state index >= 15 is 0 Å². The third-order valence-electron chi connectivity index (χ3n) is 6.39. The normalized spacial score (nSPS) is 11.5. The molecule has 0 spiro atoms. The van der Waals surface area contributed by atoms with Crippen LogP contribution in [0.15, 0.2) is 88.2 Å². The van der Waals surface area contributed by atoms with Crippen molar-refractivity contribution in [1.29, 1.82) is 0 Å². The molecule has 0 aliphatic heterocycles. The van der Waals surface area contributed by atoms with Crippen LogP contribution in [0.3, 0.4) is 0 Å². The molecule has 0 radical (unpaired) electrons. The highest BCUT2D eigenvalue weighted by Gasteiger charge is 2.23. The zero-order valence-corrected chi connectivity index (χ0v) is 22.1. The van der Waals surface area contributed by atoms with Crippen molar-refractivity contribution in [3.05, 3.63) is 100.0 Å². The molecule has 8 nitrogen and oxygen atoms in total. The van der Waals surface area contributed by atoms with Crippen molar-refractivity contribution in [3.8, 4) is 0 Å². The molecule has 192 valence electrons. The second-order valence-electron chi connectivity index (χ2n) is 9.52. The van der Waals surface area contributed by atoms with Crippen LogP contribution in [0.2, 0.25) is 0 Å². The molecule has 0 saturated heterocycles. The maximum atomic E-state index is 13.5. The maximum absolute atomic E-state index is 13.5. The number of aromatic nitrogens is 3. The van der Waals surface area contributed by atoms with Crippen molar-refractivity contribution < 1.29 is 0 Å². The summed E-state index contributed by atoms with van der Waals surface area (Å²) in [5.74, 6) is 0.985. The molecule has 0 N–H and O–H groups in total. The van der Waals surface area contributed by atoms with Crippen LogP contribution in [0.25, 0.3) is 10.9 Å². The molecular formula is C29H34N6O2. The van der Waals surface area contributed by atoms with Crippen LogP contribution >= 0.6 is 0 Å². The van der Waals surface area contributed by atoms with Crippen molar-refractivity contribution in [3.63, 3.8) is 0 Å². The largest absolute Gasteiger partial charge is 0.331 e. The minimum Gasteiger partial charge on any atom is -0.330 e. The van der Waals surface area contributed by atoms with E-state index in [4.69, 9.17) is 0 Å². The number of hydrogen-bond donors (Lipinski definition) is 0. The summed E-state index contributed by atoms with van der Waals surface area (Å²) in [6.07, 6.45) is 5.34. The number of fused-ring (bicyclic) bond motifs is 1. The Morgan fingerprint density at radius 2 is 1.70 bits per heavy atom. The highest BCUT2D eigenvalue weighted by atomic mass is 16.2. The average molecular weight is 499 g/mol. The number of aliphatic imine (C=N–C) groups is 1. The molecule has 0 atom stereocenters. The number of anilines is 3. The Bertz CT molecular complexity index is 1540. The van der Waals surface area contributed by atoms with Gasteiger partial charge in [0, 0.05) is 58.0 Å². The summed E-state index contributed by atoms with van der Waals surface area (Å²) in [5, 5.41) is 0.530. The van der Waals surface area contributed by atoms with E-state index in [1.54, 1.807) is 31.2 Å². The highest BCUT2D eigenvalue weighted by Crippen LogP contribution is 2.32. The van der Waals surface area contributed by atoms with E-state index in [0.29, 0.717) is 24.0 Å². The summed E-state index contributed by atoms with van der Waals surface area (Å²) < 4.78 is 4.99. The zero-order chi connectivity index (χ0) is 26.7. The third kappa shape index (κ3) is 5.00. The molecular weight excluding hydrogens is 464 g/mol. The van der Waals surface area contributed by atoms with Crippen molar-refractivity contribution >= 4 is 34.4 Å². The number of para-hydroxylation sites is 1. The molecule has 4 aromatic rings. The first-order valence-electron chi connectivity index (χ1n) is 12.3. The van der Waals surface area contributed by atoms with E-state index in [1.807, 2.05) is 77.6 Å². The summed E-state index contributed by atoms with van der Waals surface area (Å²) in [6.45, 7) is 9.02. The summed E-state index contributed by atoms with van der Waals surface area (Å²) in [6, 6.07) is 18.0. The van der Waals surface area contributed by atoms with Crippen molar-refractivity contribution in [2.45, 2.75) is 26.9 Å². The monoisotopic (exact) mass is 498 g/mol. The van der Waals surface area contributed by atoms with Gasteiger partial charge >= 0.3 is 5.69 Å². The Morgan fingerprint density at radius 1 is 1.03 bits per heavy atom. The van der Waals surface area contributed by atoms with Crippen LogP contribution in [0, 0.1) is 5.92 Å². The van der Waals surface area contributed by atoms with E-state index < -0.39 is 0 Å². The Hall–Kier alpha value is -4.33. The molecule has 0 saturated carbocycles. The summed E-state index contributed by atoms with van der Waals surface area (Å²) in [5.41, 5.74) is 2.99. The fraction of sp³-hybridized carbons (Fsp3) is 0.276. The van der Waals surface area contributed by atoms with Gasteiger partial charge < -0.3 is 14.4 Å². The van der Waals surface area contributed by atoms with Crippen LogP contribution in [-0.4, -0.2) is 34.1 Å². The van der Waals surface area contributed by atoms with Crippen molar-refractivity contribution in [2.75, 3.05) is 23.9 Å². The van der Waals surface area contributed by atoms with Gasteiger partial charge in [0.25, 0.3) is 5.56 Å². The van der Waals surface area contributed by atoms with Crippen LogP contribution in [0.1, 0.15) is 19.4 Å². The Morgan fingerprint density at radius 3 is 2.30 bits per heavy atom. The lowest BCUT2D eigenvalue weighted by molar-refractivity contribution is 0.502. The number of hydrogen-bond acceptors (Lipinski definition) is 4. The van der Waals surface area contributed by atoms with Gasteiger partial charge in [-0.05, 0) is 35.7 Å². The minimum atomic E-state index is -0.302. The van der Waals surface area contributed by atoms with Gasteiger partial charge in [-0.2, -0.15) is 0 Å². The first-order chi connectivity index (χ1) is 17.8. The Labute approximate surface area is 217 Å². The summed E-state index contributed by atoms with van der Waals surface area (Å²) in [4.78, 5) is 34.6. The SMILES string of the molecule is C=CN(C=NC)c1ccc(Cn2cc3c(c2N(C)c2ccccc2)c(=O)n(C)c(=O)n3CC(C)C)cc1. The fourth-order valence-electron chi connectivity index (χ4n) is 4.59. The van der Waals surface area contributed by atoms with Crippen LogP contribution in [0.5, 0.6) is 0 Å². The van der Waals surface area contributed by atoms with Gasteiger partial charge in [-0.3, -0.25) is 18.9 Å². The van der Waals surface area contributed by atoms with E-state index in [1.165, 1.54) is 4.57 Å². The first kappa shape index (κ1) is 25.8. The van der Waals surface area contributed by atoms with Gasteiger partial charge in [-0.15, -0.1) is 0 Å². The topological polar surface area (TPSA) is 67.8 Å². The molecule has 0 aliphatic carbocycles. The fourth-order valence-corrected chi connectivity index (χ4v) is 4.59. The van der Waals surface area contributed by atoms with E-state index in [2.05, 4.69) is 30.0 Å². The molecule has 2 heterocycles. The Balaban J connectivity index is 1.91. The Kier molecular flexibility index (Phi) is 7.47. The van der Waals surface area contributed by atoms with E-state index in [-0.39, 0.29) is 17.2 Å². The minimum absolute atomic E-state index is 0.240. The molecule has 8 heteroatoms. The third-order valence-corrected chi connectivity index (χ3v) is 6.39. The zero-order valence-electron chi connectivity index (χ0n) is 22.1. The lowest BCUT2D eigenvalue weighted by Crippen LogP contribution is -2.38. The van der Waals surface area contributed by atoms with Crippen LogP contribution in [-0.2, 0) is 20.1 Å². The van der Waals surface area contributed by atoms with Gasteiger partial charge in [0.1, 0.15) is 11.2 Å². The number of rotatable bonds is 9. The lowest BCUT2D eigenvalue weighted by atomic mass is 10.2. The maximum Gasteiger partial charge on any atom is 0.331 e. The standard InChI is InChI=1S/C29H34N6O2/c1-7-33(20-30-4)24-15-13-22(14-16-24)18-34-19-25-26(27(34)31(5)23-11-9-8-10-12-23)28(36)32(6)29(37)35(25)17-21(2)3/h7-16,19-21H,1,17-18H2,2-6H3. The number of nitrogens with zero attached hydrogens (tertiary/aromatic N) is 6. The average Bonchev–Trinajstić information content (AvgIpc) is 3.27. The predicted molar refractivity (Wildman–Crippen MR) is 153 cm³/mol. The van der Waals surface area contributed by atoms with Gasteiger partial charge in [-0.1, -0.05) is 50.8 Å². The molecule has 0 unspecified atom stereocenters. The second-order valence-corrected chi connectivity index (χ2v) is 9.52. The quantitative estimate of drug-likeness (QED) is 0.250. The molecule has 2 aromatic heterocycles. The molecule has 0 aliphatic rings. The van der Waals surface area contributed by atoms with Gasteiger partial charge in [0.2, 0.25) is 0 Å². The molecule has 2 aromatic carbocycles. The predicted octanol–water partition coefficient (Wildman–Crippen LogP) is 4.58. The van der Waals surface area contributed by atoms with Crippen molar-refractivity contribution in [1.82, 2.24) is 13.7 Å². The highest BCUT2D eigenvalue weighted by molar-refractivity contribution is 5.93.